The van der Waals surface area contributed by atoms with Crippen molar-refractivity contribution in [3.8, 4) is 0 Å². The number of H-pyrrole nitrogens is 1. The number of aromatic amines is 1. The van der Waals surface area contributed by atoms with Crippen molar-refractivity contribution in [2.45, 2.75) is 38.6 Å². The Morgan fingerprint density at radius 1 is 1.12 bits per heavy atom. The van der Waals surface area contributed by atoms with E-state index in [9.17, 15) is 0 Å². The number of piperazine rings is 1. The van der Waals surface area contributed by atoms with Crippen LogP contribution < -0.4 is 15.5 Å². The molecular formula is C25H32N6S. The summed E-state index contributed by atoms with van der Waals surface area (Å²) in [5, 5.41) is 11.1. The molecule has 0 radical (unpaired) electrons. The number of rotatable bonds is 4. The zero-order valence-corrected chi connectivity index (χ0v) is 19.8. The summed E-state index contributed by atoms with van der Waals surface area (Å²) in [7, 11) is 2.20. The van der Waals surface area contributed by atoms with Crippen LogP contribution in [0.4, 0.5) is 10.7 Å². The maximum atomic E-state index is 5.03. The van der Waals surface area contributed by atoms with Gasteiger partial charge < -0.3 is 25.4 Å². The van der Waals surface area contributed by atoms with Gasteiger partial charge in [0.1, 0.15) is 5.82 Å². The number of aryl methyl sites for hydroxylation is 1. The molecule has 4 heterocycles. The highest BCUT2D eigenvalue weighted by atomic mass is 32.1. The van der Waals surface area contributed by atoms with E-state index in [1.807, 2.05) is 11.3 Å². The van der Waals surface area contributed by atoms with Gasteiger partial charge in [0.15, 0.2) is 0 Å². The van der Waals surface area contributed by atoms with Crippen LogP contribution in [0.2, 0.25) is 0 Å². The van der Waals surface area contributed by atoms with E-state index in [0.29, 0.717) is 6.04 Å². The van der Waals surface area contributed by atoms with Gasteiger partial charge in [0.2, 0.25) is 0 Å². The van der Waals surface area contributed by atoms with Crippen LogP contribution in [0.15, 0.2) is 23.6 Å². The zero-order chi connectivity index (χ0) is 21.7. The highest BCUT2D eigenvalue weighted by Gasteiger charge is 2.27. The molecule has 0 amide bonds. The van der Waals surface area contributed by atoms with Gasteiger partial charge in [-0.15, -0.1) is 11.3 Å². The molecule has 2 aliphatic heterocycles. The predicted molar refractivity (Wildman–Crippen MR) is 136 cm³/mol. The van der Waals surface area contributed by atoms with Gasteiger partial charge in [-0.25, -0.2) is 4.98 Å². The van der Waals surface area contributed by atoms with E-state index in [2.05, 4.69) is 63.0 Å². The van der Waals surface area contributed by atoms with Crippen molar-refractivity contribution in [2.75, 3.05) is 50.0 Å². The van der Waals surface area contributed by atoms with Crippen LogP contribution in [-0.2, 0) is 0 Å². The second kappa shape index (κ2) is 8.12. The average Bonchev–Trinajstić information content (AvgIpc) is 3.54. The first-order valence-electron chi connectivity index (χ1n) is 11.9. The van der Waals surface area contributed by atoms with Gasteiger partial charge in [0.05, 0.1) is 21.7 Å². The number of thiophene rings is 1. The lowest BCUT2D eigenvalue weighted by atomic mass is 10.00. The number of nitrogens with one attached hydrogen (secondary N) is 3. The summed E-state index contributed by atoms with van der Waals surface area (Å²) < 4.78 is 0. The highest BCUT2D eigenvalue weighted by molar-refractivity contribution is 7.14. The molecule has 7 heteroatoms. The SMILES string of the molecule is Cc1csc2c1C(NC1CCCC1)=C(c1nc3ccc(N4CCN(C)CC4)cc3[nH]1)CN2. The quantitative estimate of drug-likeness (QED) is 0.548. The summed E-state index contributed by atoms with van der Waals surface area (Å²) in [6.45, 7) is 7.40. The standard InChI is InChI=1S/C25H32N6S/c1-16-15-32-25-22(16)23(27-17-5-3-4-6-17)19(14-26-25)24-28-20-8-7-18(13-21(20)29-24)31-11-9-30(2)10-12-31/h7-8,13,15,17,26-27H,3-6,9-12,14H2,1-2H3,(H,28,29). The number of hydrogen-bond donors (Lipinski definition) is 3. The van der Waals surface area contributed by atoms with Crippen molar-refractivity contribution < 1.29 is 0 Å². The number of likely N-dealkylation sites (N-methyl/N-ethyl adjacent to an activating group) is 1. The minimum atomic E-state index is 0.568. The molecular weight excluding hydrogens is 416 g/mol. The molecule has 3 N–H and O–H groups in total. The molecule has 2 fully saturated rings. The summed E-state index contributed by atoms with van der Waals surface area (Å²) in [5.74, 6) is 0.986. The summed E-state index contributed by atoms with van der Waals surface area (Å²) in [6, 6.07) is 7.24. The minimum absolute atomic E-state index is 0.568. The Bertz CT molecular complexity index is 1160. The molecule has 1 saturated heterocycles. The van der Waals surface area contributed by atoms with E-state index in [0.717, 1.165) is 49.6 Å². The Morgan fingerprint density at radius 3 is 2.75 bits per heavy atom. The van der Waals surface area contributed by atoms with Crippen LogP contribution >= 0.6 is 11.3 Å². The molecule has 32 heavy (non-hydrogen) atoms. The third-order valence-corrected chi connectivity index (χ3v) is 8.33. The molecule has 168 valence electrons. The monoisotopic (exact) mass is 448 g/mol. The first-order valence-corrected chi connectivity index (χ1v) is 12.8. The predicted octanol–water partition coefficient (Wildman–Crippen LogP) is 4.51. The van der Waals surface area contributed by atoms with Crippen molar-refractivity contribution >= 4 is 44.3 Å². The lowest BCUT2D eigenvalue weighted by Gasteiger charge is -2.34. The highest BCUT2D eigenvalue weighted by Crippen LogP contribution is 2.40. The maximum absolute atomic E-state index is 5.03. The van der Waals surface area contributed by atoms with Crippen molar-refractivity contribution in [3.63, 3.8) is 0 Å². The molecule has 1 aromatic carbocycles. The van der Waals surface area contributed by atoms with Gasteiger partial charge in [-0.1, -0.05) is 12.8 Å². The van der Waals surface area contributed by atoms with E-state index >= 15 is 0 Å². The van der Waals surface area contributed by atoms with Crippen LogP contribution in [0.25, 0.3) is 22.3 Å². The van der Waals surface area contributed by atoms with E-state index in [-0.39, 0.29) is 0 Å². The lowest BCUT2D eigenvalue weighted by molar-refractivity contribution is 0.313. The van der Waals surface area contributed by atoms with E-state index in [1.165, 1.54) is 58.8 Å². The van der Waals surface area contributed by atoms with Gasteiger partial charge in [-0.2, -0.15) is 0 Å². The Balaban J connectivity index is 1.38. The third-order valence-electron chi connectivity index (χ3n) is 7.28. The van der Waals surface area contributed by atoms with Gasteiger partial charge in [-0.3, -0.25) is 0 Å². The van der Waals surface area contributed by atoms with Crippen molar-refractivity contribution in [2.24, 2.45) is 0 Å². The average molecular weight is 449 g/mol. The summed E-state index contributed by atoms with van der Waals surface area (Å²) in [5.41, 5.74) is 8.66. The Labute approximate surface area is 193 Å². The number of fused-ring (bicyclic) bond motifs is 2. The third kappa shape index (κ3) is 3.57. The molecule has 0 atom stereocenters. The van der Waals surface area contributed by atoms with Gasteiger partial charge in [-0.05, 0) is 56.0 Å². The molecule has 6 nitrogen and oxygen atoms in total. The van der Waals surface area contributed by atoms with Crippen LogP contribution in [0.5, 0.6) is 0 Å². The fraction of sp³-hybridized carbons (Fsp3) is 0.480. The zero-order valence-electron chi connectivity index (χ0n) is 19.0. The van der Waals surface area contributed by atoms with E-state index in [4.69, 9.17) is 4.98 Å². The topological polar surface area (TPSA) is 59.2 Å². The van der Waals surface area contributed by atoms with Gasteiger partial charge in [0, 0.05) is 55.6 Å². The lowest BCUT2D eigenvalue weighted by Crippen LogP contribution is -2.44. The number of anilines is 2. The normalized spacial score (nSPS) is 20.1. The summed E-state index contributed by atoms with van der Waals surface area (Å²) in [4.78, 5) is 13.6. The first-order chi connectivity index (χ1) is 15.7. The fourth-order valence-electron chi connectivity index (χ4n) is 5.33. The van der Waals surface area contributed by atoms with Gasteiger partial charge >= 0.3 is 0 Å². The van der Waals surface area contributed by atoms with Crippen LogP contribution in [0.1, 0.15) is 42.6 Å². The summed E-state index contributed by atoms with van der Waals surface area (Å²) >= 11 is 1.81. The first kappa shape index (κ1) is 20.1. The van der Waals surface area contributed by atoms with Crippen LogP contribution in [-0.4, -0.2) is 60.7 Å². The molecule has 1 saturated carbocycles. The number of aromatic nitrogens is 2. The molecule has 6 rings (SSSR count). The smallest absolute Gasteiger partial charge is 0.138 e. The summed E-state index contributed by atoms with van der Waals surface area (Å²) in [6.07, 6.45) is 5.18. The van der Waals surface area contributed by atoms with Crippen molar-refractivity contribution in [1.29, 1.82) is 0 Å². The second-order valence-corrected chi connectivity index (χ2v) is 10.4. The van der Waals surface area contributed by atoms with E-state index < -0.39 is 0 Å². The largest absolute Gasteiger partial charge is 0.381 e. The molecule has 0 bridgehead atoms. The number of hydrogen-bond acceptors (Lipinski definition) is 6. The number of nitrogens with zero attached hydrogens (tertiary/aromatic N) is 3. The van der Waals surface area contributed by atoms with Crippen molar-refractivity contribution in [1.82, 2.24) is 20.2 Å². The molecule has 2 aromatic heterocycles. The second-order valence-electron chi connectivity index (χ2n) is 9.53. The molecule has 3 aliphatic rings. The molecule has 1 aliphatic carbocycles. The number of imidazole rings is 1. The van der Waals surface area contributed by atoms with Crippen LogP contribution in [0.3, 0.4) is 0 Å². The fourth-order valence-corrected chi connectivity index (χ4v) is 6.28. The molecule has 0 unspecified atom stereocenters. The molecule has 0 spiro atoms. The maximum Gasteiger partial charge on any atom is 0.138 e. The van der Waals surface area contributed by atoms with Crippen molar-refractivity contribution in [3.05, 3.63) is 40.5 Å². The Kier molecular flexibility index (Phi) is 5.11. The Hall–Kier alpha value is -2.51. The number of benzene rings is 1. The van der Waals surface area contributed by atoms with E-state index in [1.54, 1.807) is 0 Å². The minimum Gasteiger partial charge on any atom is -0.381 e. The van der Waals surface area contributed by atoms with Gasteiger partial charge in [0.25, 0.3) is 0 Å². The molecule has 3 aromatic rings. The Morgan fingerprint density at radius 2 is 1.94 bits per heavy atom. The van der Waals surface area contributed by atoms with Crippen LogP contribution in [0, 0.1) is 6.92 Å².